The van der Waals surface area contributed by atoms with Crippen molar-refractivity contribution in [3.8, 4) is 0 Å². The van der Waals surface area contributed by atoms with Gasteiger partial charge in [-0.25, -0.2) is 0 Å². The molecule has 2 aromatic rings. The Hall–Kier alpha value is -2.24. The number of carbonyl (C=O) groups excluding carboxylic acids is 1. The van der Waals surface area contributed by atoms with Gasteiger partial charge in [0.15, 0.2) is 5.78 Å². The Labute approximate surface area is 233 Å². The van der Waals surface area contributed by atoms with Gasteiger partial charge in [-0.15, -0.1) is 5.10 Å². The molecule has 7 rings (SSSR count). The first kappa shape index (κ1) is 25.7. The lowest BCUT2D eigenvalue weighted by Crippen LogP contribution is -2.65. The Bertz CT molecular complexity index is 1350. The summed E-state index contributed by atoms with van der Waals surface area (Å²) >= 11 is 0. The molecule has 39 heavy (non-hydrogen) atoms. The maximum atomic E-state index is 14.7. The van der Waals surface area contributed by atoms with Crippen molar-refractivity contribution in [2.24, 2.45) is 44.8 Å². The van der Waals surface area contributed by atoms with Crippen LogP contribution >= 0.6 is 0 Å². The van der Waals surface area contributed by atoms with E-state index in [1.807, 2.05) is 17.1 Å². The second-order valence-corrected chi connectivity index (χ2v) is 16.2. The minimum atomic E-state index is -0.102. The summed E-state index contributed by atoms with van der Waals surface area (Å²) in [5.41, 5.74) is 2.79. The van der Waals surface area contributed by atoms with Gasteiger partial charge in [0.2, 0.25) is 0 Å². The monoisotopic (exact) mass is 530 g/mol. The number of hydrogen-bond acceptors (Lipinski definition) is 5. The van der Waals surface area contributed by atoms with Gasteiger partial charge >= 0.3 is 0 Å². The van der Waals surface area contributed by atoms with Crippen molar-refractivity contribution in [3.05, 3.63) is 41.6 Å². The average molecular weight is 531 g/mol. The van der Waals surface area contributed by atoms with Gasteiger partial charge in [-0.1, -0.05) is 64.4 Å². The highest BCUT2D eigenvalue weighted by molar-refractivity contribution is 5.95. The Morgan fingerprint density at radius 3 is 2.54 bits per heavy atom. The molecule has 2 heterocycles. The van der Waals surface area contributed by atoms with Crippen molar-refractivity contribution >= 4 is 5.78 Å². The summed E-state index contributed by atoms with van der Waals surface area (Å²) in [6, 6.07) is 0. The molecule has 3 fully saturated rings. The quantitative estimate of drug-likeness (QED) is 0.420. The molecule has 0 radical (unpaired) electrons. The lowest BCUT2D eigenvalue weighted by Gasteiger charge is -2.69. The zero-order valence-electron chi connectivity index (χ0n) is 25.0. The molecule has 2 aromatic heterocycles. The third kappa shape index (κ3) is 3.21. The van der Waals surface area contributed by atoms with Gasteiger partial charge in [-0.05, 0) is 96.4 Å². The fourth-order valence-corrected chi connectivity index (χ4v) is 11.3. The molecule has 6 heteroatoms. The maximum absolute atomic E-state index is 14.7. The lowest BCUT2D eigenvalue weighted by atomic mass is 9.34. The van der Waals surface area contributed by atoms with E-state index in [0.29, 0.717) is 17.6 Å². The molecule has 3 saturated carbocycles. The van der Waals surface area contributed by atoms with Crippen LogP contribution < -0.4 is 0 Å². The van der Waals surface area contributed by atoms with E-state index in [0.717, 1.165) is 50.8 Å². The van der Waals surface area contributed by atoms with E-state index in [4.69, 9.17) is 4.52 Å². The summed E-state index contributed by atoms with van der Waals surface area (Å²) in [5, 5.41) is 12.7. The molecule has 5 aliphatic rings. The predicted molar refractivity (Wildman–Crippen MR) is 150 cm³/mol. The molecule has 0 unspecified atom stereocenters. The molecule has 0 aromatic carbocycles. The highest BCUT2D eigenvalue weighted by atomic mass is 16.5. The van der Waals surface area contributed by atoms with E-state index >= 15 is 0 Å². The second kappa shape index (κ2) is 7.73. The van der Waals surface area contributed by atoms with E-state index in [9.17, 15) is 4.79 Å². The van der Waals surface area contributed by atoms with Crippen molar-refractivity contribution in [2.45, 2.75) is 112 Å². The first-order valence-corrected chi connectivity index (χ1v) is 15.3. The van der Waals surface area contributed by atoms with Crippen LogP contribution in [-0.4, -0.2) is 25.9 Å². The lowest BCUT2D eigenvalue weighted by molar-refractivity contribution is -0.174. The van der Waals surface area contributed by atoms with Crippen LogP contribution in [0.1, 0.15) is 105 Å². The summed E-state index contributed by atoms with van der Waals surface area (Å²) < 4.78 is 7.88. The van der Waals surface area contributed by atoms with Gasteiger partial charge in [0, 0.05) is 29.6 Å². The largest absolute Gasteiger partial charge is 0.361 e. The number of fused-ring (bicyclic) bond motifs is 8. The first-order chi connectivity index (χ1) is 18.3. The second-order valence-electron chi connectivity index (χ2n) is 16.2. The van der Waals surface area contributed by atoms with Crippen LogP contribution in [0.5, 0.6) is 0 Å². The van der Waals surface area contributed by atoms with Crippen LogP contribution in [0.3, 0.4) is 0 Å². The first-order valence-electron chi connectivity index (χ1n) is 15.3. The molecule has 210 valence electrons. The van der Waals surface area contributed by atoms with E-state index in [1.165, 1.54) is 24.0 Å². The normalized spacial score (nSPS) is 43.8. The number of hydrogen-bond donors (Lipinski definition) is 0. The molecule has 0 aliphatic heterocycles. The van der Waals surface area contributed by atoms with Crippen LogP contribution in [0.2, 0.25) is 0 Å². The van der Waals surface area contributed by atoms with Crippen molar-refractivity contribution in [1.82, 2.24) is 20.2 Å². The van der Waals surface area contributed by atoms with E-state index in [1.54, 1.807) is 6.20 Å². The van der Waals surface area contributed by atoms with Crippen molar-refractivity contribution in [3.63, 3.8) is 0 Å². The smallest absolute Gasteiger partial charge is 0.159 e. The van der Waals surface area contributed by atoms with Gasteiger partial charge in [-0.2, -0.15) is 0 Å². The number of carbonyl (C=O) groups is 1. The van der Waals surface area contributed by atoms with E-state index < -0.39 is 0 Å². The Kier molecular flexibility index (Phi) is 5.10. The zero-order valence-corrected chi connectivity index (χ0v) is 25.0. The van der Waals surface area contributed by atoms with Crippen LogP contribution in [0.15, 0.2) is 34.8 Å². The maximum Gasteiger partial charge on any atom is 0.159 e. The molecule has 0 spiro atoms. The van der Waals surface area contributed by atoms with Crippen LogP contribution in [-0.2, 0) is 23.2 Å². The summed E-state index contributed by atoms with van der Waals surface area (Å²) in [4.78, 5) is 14.7. The Balaban J connectivity index is 1.36. The number of nitrogens with zero attached hydrogens (tertiary/aromatic N) is 4. The molecular formula is C33H46N4O2. The number of rotatable bonds is 2. The number of allylic oxidation sites excluding steroid dienone is 2. The predicted octanol–water partition coefficient (Wildman–Crippen LogP) is 6.96. The molecule has 0 bridgehead atoms. The summed E-state index contributed by atoms with van der Waals surface area (Å²) in [6.07, 6.45) is 16.9. The summed E-state index contributed by atoms with van der Waals surface area (Å²) in [7, 11) is 0. The van der Waals surface area contributed by atoms with E-state index in [2.05, 4.69) is 70.0 Å². The van der Waals surface area contributed by atoms with Crippen molar-refractivity contribution < 1.29 is 9.32 Å². The van der Waals surface area contributed by atoms with Gasteiger partial charge in [0.25, 0.3) is 0 Å². The van der Waals surface area contributed by atoms with E-state index in [-0.39, 0.29) is 38.4 Å². The fourth-order valence-electron chi connectivity index (χ4n) is 11.3. The highest BCUT2D eigenvalue weighted by Crippen LogP contribution is 2.74. The minimum absolute atomic E-state index is 0.00256. The molecule has 0 saturated heterocycles. The topological polar surface area (TPSA) is 73.8 Å². The van der Waals surface area contributed by atoms with Crippen molar-refractivity contribution in [2.75, 3.05) is 0 Å². The minimum Gasteiger partial charge on any atom is -0.361 e. The van der Waals surface area contributed by atoms with Crippen LogP contribution in [0.4, 0.5) is 0 Å². The third-order valence-electron chi connectivity index (χ3n) is 13.5. The molecule has 7 atom stereocenters. The van der Waals surface area contributed by atoms with Gasteiger partial charge in [0.1, 0.15) is 5.76 Å². The molecule has 0 N–H and O–H groups in total. The van der Waals surface area contributed by atoms with Gasteiger partial charge in [-0.3, -0.25) is 9.48 Å². The SMILES string of the molecule is CC1(C)CC[C@]2(Cn3ccnn3)CC[C@]3(C)[C@H](C(=O)C=C4[C@@]5(C)Cc6cnoc6C(C)(C)[C@@H]5CC[C@]43C)[C@@H]2C1. The third-order valence-corrected chi connectivity index (χ3v) is 13.5. The van der Waals surface area contributed by atoms with Gasteiger partial charge < -0.3 is 4.52 Å². The van der Waals surface area contributed by atoms with Crippen molar-refractivity contribution in [1.29, 1.82) is 0 Å². The molecule has 0 amide bonds. The Morgan fingerprint density at radius 2 is 1.79 bits per heavy atom. The average Bonchev–Trinajstić information content (AvgIpc) is 3.53. The molecule has 6 nitrogen and oxygen atoms in total. The summed E-state index contributed by atoms with van der Waals surface area (Å²) in [5.74, 6) is 2.31. The summed E-state index contributed by atoms with van der Waals surface area (Å²) in [6.45, 7) is 17.9. The molecule has 5 aliphatic carbocycles. The van der Waals surface area contributed by atoms with Crippen LogP contribution in [0.25, 0.3) is 0 Å². The fraction of sp³-hybridized carbons (Fsp3) is 0.758. The Morgan fingerprint density at radius 1 is 1.03 bits per heavy atom. The van der Waals surface area contributed by atoms with Crippen LogP contribution in [0, 0.1) is 44.8 Å². The standard InChI is InChI=1S/C33H46N4O2/c1-28(2)10-12-33(20-37-15-14-34-36-37)13-11-32(7)26(22(33)18-28)23(38)16-25-30(5)17-21-19-35-39-27(21)29(3,4)24(30)8-9-31(25,32)6/h14-16,19,22,24,26H,8-13,17-18,20H2,1-7H3/t22-,24-,26-,30-,31+,32+,33+/m0/s1. The zero-order chi connectivity index (χ0) is 27.6. The number of ketones is 1. The molecular weight excluding hydrogens is 484 g/mol. The highest BCUT2D eigenvalue weighted by Gasteiger charge is 2.70. The number of aromatic nitrogens is 4. The van der Waals surface area contributed by atoms with Gasteiger partial charge in [0.05, 0.1) is 12.4 Å².